The van der Waals surface area contributed by atoms with Gasteiger partial charge in [-0.3, -0.25) is 10.2 Å². The van der Waals surface area contributed by atoms with Gasteiger partial charge in [0.05, 0.1) is 11.6 Å². The summed E-state index contributed by atoms with van der Waals surface area (Å²) in [6, 6.07) is 1.92. The lowest BCUT2D eigenvalue weighted by Crippen LogP contribution is -2.47. The normalized spacial score (nSPS) is 13.5. The van der Waals surface area contributed by atoms with E-state index in [-0.39, 0.29) is 28.8 Å². The van der Waals surface area contributed by atoms with E-state index >= 15 is 0 Å². The van der Waals surface area contributed by atoms with Crippen LogP contribution in [0.15, 0.2) is 52.9 Å². The number of nitrogens with one attached hydrogen (secondary N) is 2. The molecule has 162 valence electrons. The van der Waals surface area contributed by atoms with Crippen LogP contribution in [0.25, 0.3) is 0 Å². The molecule has 0 aliphatic heterocycles. The van der Waals surface area contributed by atoms with Crippen LogP contribution < -0.4 is 11.1 Å². The minimum absolute atomic E-state index is 0.150. The first-order valence-corrected chi connectivity index (χ1v) is 9.05. The fourth-order valence-corrected chi connectivity index (χ4v) is 2.70. The van der Waals surface area contributed by atoms with Crippen LogP contribution >= 0.6 is 11.6 Å². The van der Waals surface area contributed by atoms with Gasteiger partial charge in [0.15, 0.2) is 0 Å². The van der Waals surface area contributed by atoms with Crippen LogP contribution in [0.2, 0.25) is 5.02 Å². The van der Waals surface area contributed by atoms with Crippen LogP contribution in [-0.2, 0) is 6.18 Å². The van der Waals surface area contributed by atoms with E-state index in [9.17, 15) is 18.0 Å². The predicted molar refractivity (Wildman–Crippen MR) is 113 cm³/mol. The van der Waals surface area contributed by atoms with Gasteiger partial charge < -0.3 is 16.0 Å². The largest absolute Gasteiger partial charge is 0.416 e. The molecule has 0 bridgehead atoms. The van der Waals surface area contributed by atoms with Crippen LogP contribution in [0.3, 0.4) is 0 Å². The van der Waals surface area contributed by atoms with Crippen molar-refractivity contribution in [3.05, 3.63) is 59.0 Å². The van der Waals surface area contributed by atoms with Gasteiger partial charge in [0, 0.05) is 23.3 Å². The number of carbonyl (C=O) groups is 1. The van der Waals surface area contributed by atoms with Crippen molar-refractivity contribution in [1.29, 1.82) is 5.41 Å². The Balaban J connectivity index is 3.21. The molecule has 0 radical (unpaired) electrons. The number of hydrogen-bond donors (Lipinski definition) is 3. The average Bonchev–Trinajstić information content (AvgIpc) is 2.67. The predicted octanol–water partition coefficient (Wildman–Crippen LogP) is 3.82. The number of hydrogen-bond acceptors (Lipinski definition) is 4. The number of aliphatic imine (C=N–C) groups is 2. The summed E-state index contributed by atoms with van der Waals surface area (Å²) in [6.07, 6.45) is 0.210. The average molecular weight is 443 g/mol. The highest BCUT2D eigenvalue weighted by molar-refractivity contribution is 6.31. The minimum Gasteiger partial charge on any atom is -0.405 e. The highest BCUT2D eigenvalue weighted by Gasteiger charge is 2.33. The molecule has 4 N–H and O–H groups in total. The third kappa shape index (κ3) is 7.03. The number of likely N-dealkylation sites (N-methyl/N-ethyl adjacent to an activating group) is 1. The number of alkyl halides is 3. The number of rotatable bonds is 8. The summed E-state index contributed by atoms with van der Waals surface area (Å²) in [5.74, 6) is -0.374. The molecule has 0 saturated heterocycles. The molecule has 1 unspecified atom stereocenters. The Morgan fingerprint density at radius 1 is 1.43 bits per heavy atom. The molecule has 0 aromatic heterocycles. The highest BCUT2D eigenvalue weighted by atomic mass is 35.5. The van der Waals surface area contributed by atoms with Crippen LogP contribution in [0, 0.1) is 5.41 Å². The van der Waals surface area contributed by atoms with Crippen LogP contribution in [0.1, 0.15) is 29.8 Å². The van der Waals surface area contributed by atoms with Crippen molar-refractivity contribution in [2.45, 2.75) is 26.1 Å². The van der Waals surface area contributed by atoms with E-state index in [4.69, 9.17) is 22.7 Å². The van der Waals surface area contributed by atoms with Crippen LogP contribution in [0.4, 0.5) is 13.2 Å². The molecular formula is C19H22ClF3N6O. The van der Waals surface area contributed by atoms with Crippen molar-refractivity contribution in [3.63, 3.8) is 0 Å². The number of halogens is 4. The summed E-state index contributed by atoms with van der Waals surface area (Å²) >= 11 is 5.79. The minimum atomic E-state index is -4.65. The van der Waals surface area contributed by atoms with Crippen molar-refractivity contribution in [1.82, 2.24) is 10.2 Å². The second-order valence-corrected chi connectivity index (χ2v) is 6.31. The maximum atomic E-state index is 13.1. The Morgan fingerprint density at radius 3 is 2.63 bits per heavy atom. The summed E-state index contributed by atoms with van der Waals surface area (Å²) in [5, 5.41) is 9.81. The maximum absolute atomic E-state index is 13.1. The first-order valence-electron chi connectivity index (χ1n) is 8.67. The van der Waals surface area contributed by atoms with Crippen molar-refractivity contribution >= 4 is 35.9 Å². The lowest BCUT2D eigenvalue weighted by atomic mass is 10.1. The molecule has 0 heterocycles. The summed E-state index contributed by atoms with van der Waals surface area (Å²) in [4.78, 5) is 22.1. The summed E-state index contributed by atoms with van der Waals surface area (Å²) in [7, 11) is 0. The quantitative estimate of drug-likeness (QED) is 0.420. The fraction of sp³-hybridized carbons (Fsp3) is 0.263. The molecule has 30 heavy (non-hydrogen) atoms. The summed E-state index contributed by atoms with van der Waals surface area (Å²) in [5.41, 5.74) is 3.96. The highest BCUT2D eigenvalue weighted by Crippen LogP contribution is 2.32. The second-order valence-electron chi connectivity index (χ2n) is 5.87. The smallest absolute Gasteiger partial charge is 0.405 e. The Labute approximate surface area is 177 Å². The van der Waals surface area contributed by atoms with Gasteiger partial charge in [0.1, 0.15) is 18.0 Å². The summed E-state index contributed by atoms with van der Waals surface area (Å²) < 4.78 is 39.2. The second kappa shape index (κ2) is 11.1. The van der Waals surface area contributed by atoms with Crippen molar-refractivity contribution in [2.24, 2.45) is 15.7 Å². The van der Waals surface area contributed by atoms with Gasteiger partial charge in [0.25, 0.3) is 5.91 Å². The number of nitrogens with two attached hydrogens (primary N) is 1. The molecule has 1 aromatic rings. The number of amides is 1. The monoisotopic (exact) mass is 442 g/mol. The number of allylic oxidation sites excluding steroid dienone is 1. The zero-order chi connectivity index (χ0) is 22.9. The lowest BCUT2D eigenvalue weighted by molar-refractivity contribution is -0.137. The molecule has 1 aromatic carbocycles. The number of benzene rings is 1. The van der Waals surface area contributed by atoms with E-state index in [0.717, 1.165) is 24.5 Å². The maximum Gasteiger partial charge on any atom is 0.416 e. The molecular weight excluding hydrogens is 421 g/mol. The Kier molecular flexibility index (Phi) is 9.25. The van der Waals surface area contributed by atoms with Gasteiger partial charge in [0.2, 0.25) is 0 Å². The van der Waals surface area contributed by atoms with E-state index in [1.165, 1.54) is 23.4 Å². The molecule has 0 spiro atoms. The molecule has 1 amide bonds. The molecule has 1 rings (SSSR count). The van der Waals surface area contributed by atoms with E-state index in [2.05, 4.69) is 21.9 Å². The summed E-state index contributed by atoms with van der Waals surface area (Å²) in [6.45, 7) is 7.09. The van der Waals surface area contributed by atoms with Gasteiger partial charge >= 0.3 is 6.18 Å². The van der Waals surface area contributed by atoms with Crippen molar-refractivity contribution in [3.8, 4) is 0 Å². The van der Waals surface area contributed by atoms with E-state index in [1.807, 2.05) is 0 Å². The van der Waals surface area contributed by atoms with Gasteiger partial charge in [-0.25, -0.2) is 9.98 Å². The van der Waals surface area contributed by atoms with Gasteiger partial charge in [-0.15, -0.1) is 0 Å². The molecule has 0 aliphatic carbocycles. The molecule has 1 atom stereocenters. The zero-order valence-electron chi connectivity index (χ0n) is 16.4. The topological polar surface area (TPSA) is 107 Å². The molecule has 11 heteroatoms. The van der Waals surface area contributed by atoms with E-state index in [1.54, 1.807) is 13.8 Å². The molecule has 0 fully saturated rings. The van der Waals surface area contributed by atoms with Gasteiger partial charge in [-0.05, 0) is 44.3 Å². The molecule has 0 saturated carbocycles. The van der Waals surface area contributed by atoms with E-state index < -0.39 is 23.7 Å². The lowest BCUT2D eigenvalue weighted by Gasteiger charge is -2.29. The van der Waals surface area contributed by atoms with Crippen molar-refractivity contribution in [2.75, 3.05) is 6.54 Å². The standard InChI is InChI=1S/C19H22ClF3N6O/c1-4-29(12(2)17(27-11-25)28-13(3)26-7-5-6-24)18(30)14-8-15(19(21,22)23)10-16(20)9-14/h5-12H,3-4,24H2,1-2H3,(H2,25,27,28)/b6-5-,26-7-. The van der Waals surface area contributed by atoms with Crippen molar-refractivity contribution < 1.29 is 18.0 Å². The number of amidine groups is 1. The van der Waals surface area contributed by atoms with Gasteiger partial charge in [-0.2, -0.15) is 13.2 Å². The molecule has 0 aliphatic rings. The fourth-order valence-electron chi connectivity index (χ4n) is 2.46. The molecule has 7 nitrogen and oxygen atoms in total. The van der Waals surface area contributed by atoms with E-state index in [0.29, 0.717) is 0 Å². The Bertz CT molecular complexity index is 880. The SMILES string of the molecule is C=C(/N=C\C=C/N)N/C(=N\C=N)C(C)N(CC)C(=O)c1cc(Cl)cc(C(F)(F)F)c1. The van der Waals surface area contributed by atoms with Crippen LogP contribution in [0.5, 0.6) is 0 Å². The van der Waals surface area contributed by atoms with Gasteiger partial charge in [-0.1, -0.05) is 18.2 Å². The first kappa shape index (κ1) is 24.9. The first-order chi connectivity index (χ1) is 14.0. The third-order valence-electron chi connectivity index (χ3n) is 3.84. The third-order valence-corrected chi connectivity index (χ3v) is 4.06. The Hall–Kier alpha value is -3.14. The van der Waals surface area contributed by atoms with Crippen LogP contribution in [-0.4, -0.2) is 41.8 Å². The Morgan fingerprint density at radius 2 is 2.10 bits per heavy atom. The number of carbonyl (C=O) groups excluding carboxylic acids is 1. The number of nitrogens with zero attached hydrogens (tertiary/aromatic N) is 3. The zero-order valence-corrected chi connectivity index (χ0v) is 17.1.